The summed E-state index contributed by atoms with van der Waals surface area (Å²) in [5.41, 5.74) is 4.64. The molecule has 0 aliphatic rings. The van der Waals surface area contributed by atoms with E-state index in [4.69, 9.17) is 0 Å². The van der Waals surface area contributed by atoms with Gasteiger partial charge in [-0.1, -0.05) is 23.8 Å². The molecule has 0 aliphatic carbocycles. The fraction of sp³-hybridized carbons (Fsp3) is 0.188. The Balaban J connectivity index is 1.83. The van der Waals surface area contributed by atoms with Gasteiger partial charge in [-0.3, -0.25) is 0 Å². The summed E-state index contributed by atoms with van der Waals surface area (Å²) in [6.45, 7) is 4.65. The van der Waals surface area contributed by atoms with Gasteiger partial charge in [0.2, 0.25) is 0 Å². The second-order valence-corrected chi connectivity index (χ2v) is 5.20. The summed E-state index contributed by atoms with van der Waals surface area (Å²) < 4.78 is 15.5. The molecule has 0 radical (unpaired) electrons. The summed E-state index contributed by atoms with van der Waals surface area (Å²) in [5, 5.41) is 14.1. The monoisotopic (exact) mass is 297 g/mol. The average Bonchev–Trinajstić information content (AvgIpc) is 3.04. The van der Waals surface area contributed by atoms with Gasteiger partial charge in [0.1, 0.15) is 12.1 Å². The highest BCUT2D eigenvalue weighted by Crippen LogP contribution is 2.20. The molecule has 0 unspecified atom stereocenters. The Labute approximate surface area is 127 Å². The number of anilines is 1. The molecule has 0 aliphatic heterocycles. The molecule has 0 bridgehead atoms. The minimum Gasteiger partial charge on any atom is -0.379 e. The topological polar surface area (TPSA) is 55.6 Å². The third-order valence-electron chi connectivity index (χ3n) is 3.54. The summed E-state index contributed by atoms with van der Waals surface area (Å²) in [6.07, 6.45) is 1.47. The standard InChI is InChI=1S/C16H16FN5/c1-11-3-4-12(2)13(7-11)9-18-16-8-14(5-6-15(16)17)22-10-19-20-21-22/h3-8,10,18H,9H2,1-2H3. The summed E-state index contributed by atoms with van der Waals surface area (Å²) >= 11 is 0. The first-order valence-electron chi connectivity index (χ1n) is 6.96. The van der Waals surface area contributed by atoms with Gasteiger partial charge in [0.15, 0.2) is 0 Å². The number of hydrogen-bond acceptors (Lipinski definition) is 4. The fourth-order valence-electron chi connectivity index (χ4n) is 2.25. The SMILES string of the molecule is Cc1ccc(C)c(CNc2cc(-n3cnnn3)ccc2F)c1. The highest BCUT2D eigenvalue weighted by molar-refractivity contribution is 5.52. The van der Waals surface area contributed by atoms with Crippen LogP contribution in [0.1, 0.15) is 16.7 Å². The van der Waals surface area contributed by atoms with Gasteiger partial charge in [-0.2, -0.15) is 0 Å². The Morgan fingerprint density at radius 3 is 2.77 bits per heavy atom. The van der Waals surface area contributed by atoms with Crippen LogP contribution in [0, 0.1) is 19.7 Å². The Kier molecular flexibility index (Phi) is 3.82. The van der Waals surface area contributed by atoms with Crippen molar-refractivity contribution in [1.29, 1.82) is 0 Å². The molecule has 22 heavy (non-hydrogen) atoms. The van der Waals surface area contributed by atoms with Gasteiger partial charge < -0.3 is 5.32 Å². The lowest BCUT2D eigenvalue weighted by atomic mass is 10.1. The highest BCUT2D eigenvalue weighted by Gasteiger charge is 2.07. The number of benzene rings is 2. The molecule has 0 spiro atoms. The second-order valence-electron chi connectivity index (χ2n) is 5.20. The van der Waals surface area contributed by atoms with E-state index in [-0.39, 0.29) is 5.82 Å². The van der Waals surface area contributed by atoms with E-state index in [9.17, 15) is 4.39 Å². The number of tetrazole rings is 1. The predicted molar refractivity (Wildman–Crippen MR) is 82.4 cm³/mol. The number of rotatable bonds is 4. The number of nitrogens with one attached hydrogen (secondary N) is 1. The number of halogens is 1. The number of aromatic nitrogens is 4. The van der Waals surface area contributed by atoms with Crippen molar-refractivity contribution in [1.82, 2.24) is 20.2 Å². The molecule has 6 heteroatoms. The maximum atomic E-state index is 14.0. The number of nitrogens with zero attached hydrogens (tertiary/aromatic N) is 4. The van der Waals surface area contributed by atoms with Crippen LogP contribution in [0.5, 0.6) is 0 Å². The van der Waals surface area contributed by atoms with Crippen molar-refractivity contribution < 1.29 is 4.39 Å². The van der Waals surface area contributed by atoms with Gasteiger partial charge in [-0.15, -0.1) is 5.10 Å². The summed E-state index contributed by atoms with van der Waals surface area (Å²) in [7, 11) is 0. The van der Waals surface area contributed by atoms with Crippen molar-refractivity contribution in [3.05, 3.63) is 65.2 Å². The molecule has 2 aromatic carbocycles. The first-order chi connectivity index (χ1) is 10.6. The smallest absolute Gasteiger partial charge is 0.146 e. The third-order valence-corrected chi connectivity index (χ3v) is 3.54. The number of aryl methyl sites for hydroxylation is 2. The van der Waals surface area contributed by atoms with E-state index in [1.54, 1.807) is 12.1 Å². The lowest BCUT2D eigenvalue weighted by molar-refractivity contribution is 0.629. The van der Waals surface area contributed by atoms with Gasteiger partial charge >= 0.3 is 0 Å². The maximum absolute atomic E-state index is 14.0. The van der Waals surface area contributed by atoms with Crippen LogP contribution >= 0.6 is 0 Å². The van der Waals surface area contributed by atoms with Gasteiger partial charge in [0.05, 0.1) is 11.4 Å². The van der Waals surface area contributed by atoms with Crippen LogP contribution in [0.3, 0.4) is 0 Å². The zero-order valence-electron chi connectivity index (χ0n) is 12.4. The van der Waals surface area contributed by atoms with Crippen molar-refractivity contribution in [3.8, 4) is 5.69 Å². The zero-order valence-corrected chi connectivity index (χ0v) is 12.4. The van der Waals surface area contributed by atoms with E-state index in [2.05, 4.69) is 39.0 Å². The van der Waals surface area contributed by atoms with E-state index >= 15 is 0 Å². The van der Waals surface area contributed by atoms with Crippen molar-refractivity contribution in [2.75, 3.05) is 5.32 Å². The van der Waals surface area contributed by atoms with E-state index in [0.717, 1.165) is 5.56 Å². The van der Waals surface area contributed by atoms with Crippen LogP contribution in [0.15, 0.2) is 42.7 Å². The molecule has 0 saturated heterocycles. The van der Waals surface area contributed by atoms with Crippen LogP contribution < -0.4 is 5.32 Å². The summed E-state index contributed by atoms with van der Waals surface area (Å²) in [4.78, 5) is 0. The van der Waals surface area contributed by atoms with Gasteiger partial charge in [-0.25, -0.2) is 9.07 Å². The molecule has 1 heterocycles. The van der Waals surface area contributed by atoms with Crippen LogP contribution in [0.2, 0.25) is 0 Å². The second kappa shape index (κ2) is 5.93. The molecule has 0 atom stereocenters. The predicted octanol–water partition coefficient (Wildman–Crippen LogP) is 3.03. The molecule has 112 valence electrons. The quantitative estimate of drug-likeness (QED) is 0.804. The third kappa shape index (κ3) is 2.95. The molecule has 0 saturated carbocycles. The van der Waals surface area contributed by atoms with E-state index < -0.39 is 0 Å². The summed E-state index contributed by atoms with van der Waals surface area (Å²) in [6, 6.07) is 11.0. The van der Waals surface area contributed by atoms with Crippen molar-refractivity contribution >= 4 is 5.69 Å². The molecule has 3 rings (SSSR count). The molecular formula is C16H16FN5. The highest BCUT2D eigenvalue weighted by atomic mass is 19.1. The fourth-order valence-corrected chi connectivity index (χ4v) is 2.25. The van der Waals surface area contributed by atoms with Crippen molar-refractivity contribution in [2.45, 2.75) is 20.4 Å². The molecule has 0 fully saturated rings. The molecule has 1 N–H and O–H groups in total. The lowest BCUT2D eigenvalue weighted by Gasteiger charge is -2.12. The van der Waals surface area contributed by atoms with Crippen molar-refractivity contribution in [3.63, 3.8) is 0 Å². The summed E-state index contributed by atoms with van der Waals surface area (Å²) in [5.74, 6) is -0.304. The Bertz CT molecular complexity index is 783. The first kappa shape index (κ1) is 14.2. The first-order valence-corrected chi connectivity index (χ1v) is 6.96. The van der Waals surface area contributed by atoms with Gasteiger partial charge in [-0.05, 0) is 53.6 Å². The van der Waals surface area contributed by atoms with Gasteiger partial charge in [0.25, 0.3) is 0 Å². The largest absolute Gasteiger partial charge is 0.379 e. The van der Waals surface area contributed by atoms with Crippen LogP contribution in [-0.4, -0.2) is 20.2 Å². The van der Waals surface area contributed by atoms with Crippen LogP contribution in [0.4, 0.5) is 10.1 Å². The minimum atomic E-state index is -0.304. The lowest BCUT2D eigenvalue weighted by Crippen LogP contribution is -2.05. The maximum Gasteiger partial charge on any atom is 0.146 e. The normalized spacial score (nSPS) is 10.7. The molecule has 0 amide bonds. The zero-order chi connectivity index (χ0) is 15.5. The van der Waals surface area contributed by atoms with Crippen molar-refractivity contribution in [2.24, 2.45) is 0 Å². The molecule has 1 aromatic heterocycles. The van der Waals surface area contributed by atoms with Crippen LogP contribution in [0.25, 0.3) is 5.69 Å². The minimum absolute atomic E-state index is 0.304. The molecule has 3 aromatic rings. The van der Waals surface area contributed by atoms with Gasteiger partial charge in [0, 0.05) is 6.54 Å². The Morgan fingerprint density at radius 2 is 2.00 bits per heavy atom. The van der Waals surface area contributed by atoms with E-state index in [1.165, 1.54) is 28.2 Å². The molecule has 5 nitrogen and oxygen atoms in total. The Hall–Kier alpha value is -2.76. The average molecular weight is 297 g/mol. The van der Waals surface area contributed by atoms with E-state index in [1.807, 2.05) is 13.8 Å². The molecular weight excluding hydrogens is 281 g/mol. The van der Waals surface area contributed by atoms with Crippen LogP contribution in [-0.2, 0) is 6.54 Å². The number of hydrogen-bond donors (Lipinski definition) is 1. The Morgan fingerprint density at radius 1 is 1.14 bits per heavy atom. The van der Waals surface area contributed by atoms with E-state index in [0.29, 0.717) is 17.9 Å².